The van der Waals surface area contributed by atoms with Crippen molar-refractivity contribution >= 4 is 9.84 Å². The van der Waals surface area contributed by atoms with Crippen LogP contribution < -0.4 is 5.32 Å². The molecular formula is C14H29NO2S. The van der Waals surface area contributed by atoms with Crippen LogP contribution in [0.2, 0.25) is 0 Å². The molecule has 1 N–H and O–H groups in total. The molecule has 4 heteroatoms. The summed E-state index contributed by atoms with van der Waals surface area (Å²) in [6, 6.07) is 0. The summed E-state index contributed by atoms with van der Waals surface area (Å²) in [7, 11) is -2.99. The third kappa shape index (κ3) is 7.17. The van der Waals surface area contributed by atoms with E-state index in [2.05, 4.69) is 18.3 Å². The monoisotopic (exact) mass is 275 g/mol. The first-order chi connectivity index (χ1) is 8.20. The number of rotatable bonds is 8. The molecule has 0 unspecified atom stereocenters. The van der Waals surface area contributed by atoms with Crippen molar-refractivity contribution < 1.29 is 8.42 Å². The maximum absolute atomic E-state index is 11.9. The van der Waals surface area contributed by atoms with Gasteiger partial charge in [0.2, 0.25) is 0 Å². The van der Waals surface area contributed by atoms with E-state index in [-0.39, 0.29) is 5.75 Å². The fourth-order valence-corrected chi connectivity index (χ4v) is 2.63. The summed E-state index contributed by atoms with van der Waals surface area (Å²) < 4.78 is 23.2. The van der Waals surface area contributed by atoms with Gasteiger partial charge in [-0.1, -0.05) is 18.6 Å². The van der Waals surface area contributed by atoms with Gasteiger partial charge in [-0.3, -0.25) is 0 Å². The number of hydrogen-bond acceptors (Lipinski definition) is 3. The van der Waals surface area contributed by atoms with E-state index >= 15 is 0 Å². The number of allylic oxidation sites excluding steroid dienone is 1. The van der Waals surface area contributed by atoms with Gasteiger partial charge in [0, 0.05) is 0 Å². The SMILES string of the molecule is CCCNCC/C=C(/C)CCS(=O)(=O)C(C)(C)C. The summed E-state index contributed by atoms with van der Waals surface area (Å²) in [6.07, 6.45) is 4.90. The Kier molecular flexibility index (Phi) is 7.79. The molecule has 0 amide bonds. The largest absolute Gasteiger partial charge is 0.316 e. The van der Waals surface area contributed by atoms with Crippen LogP contribution in [0.5, 0.6) is 0 Å². The van der Waals surface area contributed by atoms with E-state index < -0.39 is 14.6 Å². The maximum atomic E-state index is 11.9. The van der Waals surface area contributed by atoms with Crippen LogP contribution in [0.3, 0.4) is 0 Å². The Hall–Kier alpha value is -0.350. The number of nitrogens with one attached hydrogen (secondary N) is 1. The lowest BCUT2D eigenvalue weighted by Gasteiger charge is -2.19. The quantitative estimate of drug-likeness (QED) is 0.547. The second-order valence-electron chi connectivity index (χ2n) is 5.77. The van der Waals surface area contributed by atoms with E-state index in [0.29, 0.717) is 6.42 Å². The molecule has 0 saturated carbocycles. The minimum atomic E-state index is -2.99. The Morgan fingerprint density at radius 2 is 1.83 bits per heavy atom. The lowest BCUT2D eigenvalue weighted by atomic mass is 10.2. The molecule has 18 heavy (non-hydrogen) atoms. The van der Waals surface area contributed by atoms with Crippen molar-refractivity contribution in [2.24, 2.45) is 0 Å². The molecule has 0 aromatic carbocycles. The lowest BCUT2D eigenvalue weighted by molar-refractivity contribution is 0.559. The topological polar surface area (TPSA) is 46.2 Å². The summed E-state index contributed by atoms with van der Waals surface area (Å²) in [4.78, 5) is 0. The highest BCUT2D eigenvalue weighted by Gasteiger charge is 2.28. The van der Waals surface area contributed by atoms with Crippen LogP contribution in [-0.2, 0) is 9.84 Å². The molecule has 0 spiro atoms. The highest BCUT2D eigenvalue weighted by Crippen LogP contribution is 2.18. The van der Waals surface area contributed by atoms with Crippen molar-refractivity contribution in [3.63, 3.8) is 0 Å². The Morgan fingerprint density at radius 1 is 1.22 bits per heavy atom. The molecule has 0 bridgehead atoms. The van der Waals surface area contributed by atoms with Gasteiger partial charge in [0.15, 0.2) is 9.84 Å². The van der Waals surface area contributed by atoms with E-state index in [1.54, 1.807) is 20.8 Å². The van der Waals surface area contributed by atoms with Gasteiger partial charge < -0.3 is 5.32 Å². The van der Waals surface area contributed by atoms with Crippen LogP contribution in [-0.4, -0.2) is 32.0 Å². The smallest absolute Gasteiger partial charge is 0.155 e. The highest BCUT2D eigenvalue weighted by molar-refractivity contribution is 7.92. The first-order valence-corrected chi connectivity index (χ1v) is 8.44. The van der Waals surface area contributed by atoms with Gasteiger partial charge in [-0.25, -0.2) is 8.42 Å². The molecular weight excluding hydrogens is 246 g/mol. The predicted molar refractivity (Wildman–Crippen MR) is 79.7 cm³/mol. The lowest BCUT2D eigenvalue weighted by Crippen LogP contribution is -2.30. The molecule has 0 fully saturated rings. The van der Waals surface area contributed by atoms with E-state index in [0.717, 1.165) is 25.9 Å². The molecule has 108 valence electrons. The second-order valence-corrected chi connectivity index (χ2v) is 8.63. The first kappa shape index (κ1) is 17.6. The van der Waals surface area contributed by atoms with Crippen molar-refractivity contribution in [2.45, 2.75) is 58.6 Å². The summed E-state index contributed by atoms with van der Waals surface area (Å²) in [6.45, 7) is 11.5. The molecule has 3 nitrogen and oxygen atoms in total. The molecule has 0 aliphatic heterocycles. The summed E-state index contributed by atoms with van der Waals surface area (Å²) in [5.41, 5.74) is 1.17. The Bertz CT molecular complexity index is 350. The van der Waals surface area contributed by atoms with Crippen molar-refractivity contribution in [2.75, 3.05) is 18.8 Å². The minimum Gasteiger partial charge on any atom is -0.316 e. The Morgan fingerprint density at radius 3 is 2.33 bits per heavy atom. The Labute approximate surface area is 113 Å². The third-order valence-electron chi connectivity index (χ3n) is 2.94. The third-order valence-corrected chi connectivity index (χ3v) is 5.55. The molecule has 0 aromatic heterocycles. The van der Waals surface area contributed by atoms with Crippen LogP contribution in [0.25, 0.3) is 0 Å². The predicted octanol–water partition coefficient (Wildman–Crippen LogP) is 2.93. The molecule has 0 radical (unpaired) electrons. The fraction of sp³-hybridized carbons (Fsp3) is 0.857. The van der Waals surface area contributed by atoms with Crippen LogP contribution in [0.1, 0.15) is 53.9 Å². The maximum Gasteiger partial charge on any atom is 0.155 e. The standard InChI is InChI=1S/C14H29NO2S/c1-6-10-15-11-7-8-13(2)9-12-18(16,17)14(3,4)5/h8,15H,6-7,9-12H2,1-5H3/b13-8-. The molecule has 0 aromatic rings. The van der Waals surface area contributed by atoms with E-state index in [9.17, 15) is 8.42 Å². The van der Waals surface area contributed by atoms with Crippen LogP contribution in [0, 0.1) is 0 Å². The minimum absolute atomic E-state index is 0.251. The van der Waals surface area contributed by atoms with E-state index in [4.69, 9.17) is 0 Å². The van der Waals surface area contributed by atoms with Gasteiger partial charge in [-0.05, 0) is 60.0 Å². The van der Waals surface area contributed by atoms with Gasteiger partial charge in [-0.2, -0.15) is 0 Å². The molecule has 0 saturated heterocycles. The van der Waals surface area contributed by atoms with Crippen molar-refractivity contribution in [3.05, 3.63) is 11.6 Å². The van der Waals surface area contributed by atoms with Crippen molar-refractivity contribution in [1.82, 2.24) is 5.32 Å². The molecule has 0 aliphatic rings. The van der Waals surface area contributed by atoms with Gasteiger partial charge in [0.1, 0.15) is 0 Å². The van der Waals surface area contributed by atoms with E-state index in [1.807, 2.05) is 6.92 Å². The zero-order valence-corrected chi connectivity index (χ0v) is 13.4. The van der Waals surface area contributed by atoms with Gasteiger partial charge in [0.05, 0.1) is 10.5 Å². The average Bonchev–Trinajstić information content (AvgIpc) is 2.24. The number of sulfone groups is 1. The summed E-state index contributed by atoms with van der Waals surface area (Å²) in [5, 5.41) is 3.32. The zero-order chi connectivity index (χ0) is 14.2. The molecule has 0 aliphatic carbocycles. The first-order valence-electron chi connectivity index (χ1n) is 6.79. The summed E-state index contributed by atoms with van der Waals surface area (Å²) >= 11 is 0. The average molecular weight is 275 g/mol. The van der Waals surface area contributed by atoms with E-state index in [1.165, 1.54) is 5.57 Å². The molecule has 0 heterocycles. The normalized spacial score (nSPS) is 13.9. The van der Waals surface area contributed by atoms with Gasteiger partial charge in [0.25, 0.3) is 0 Å². The van der Waals surface area contributed by atoms with Crippen molar-refractivity contribution in [1.29, 1.82) is 0 Å². The highest BCUT2D eigenvalue weighted by atomic mass is 32.2. The van der Waals surface area contributed by atoms with Gasteiger partial charge in [-0.15, -0.1) is 0 Å². The molecule has 0 atom stereocenters. The van der Waals surface area contributed by atoms with Crippen LogP contribution in [0.15, 0.2) is 11.6 Å². The molecule has 0 rings (SSSR count). The fourth-order valence-electron chi connectivity index (χ4n) is 1.43. The van der Waals surface area contributed by atoms with Gasteiger partial charge >= 0.3 is 0 Å². The zero-order valence-electron chi connectivity index (χ0n) is 12.5. The second kappa shape index (κ2) is 7.95. The van der Waals surface area contributed by atoms with Crippen LogP contribution in [0.4, 0.5) is 0 Å². The number of hydrogen-bond donors (Lipinski definition) is 1. The van der Waals surface area contributed by atoms with Crippen LogP contribution >= 0.6 is 0 Å². The van der Waals surface area contributed by atoms with Crippen molar-refractivity contribution in [3.8, 4) is 0 Å². The summed E-state index contributed by atoms with van der Waals surface area (Å²) in [5.74, 6) is 0.251. The Balaban J connectivity index is 4.03.